The summed E-state index contributed by atoms with van der Waals surface area (Å²) in [5.74, 6) is 1.17. The van der Waals surface area contributed by atoms with Crippen LogP contribution in [-0.2, 0) is 11.8 Å². The lowest BCUT2D eigenvalue weighted by atomic mass is 10.2. The molecule has 4 aromatic rings. The highest BCUT2D eigenvalue weighted by Gasteiger charge is 2.24. The van der Waals surface area contributed by atoms with E-state index in [1.165, 1.54) is 26.0 Å². The highest BCUT2D eigenvalue weighted by molar-refractivity contribution is 8.00. The van der Waals surface area contributed by atoms with E-state index in [2.05, 4.69) is 15.5 Å². The number of nitrogens with one attached hydrogen (secondary N) is 1. The van der Waals surface area contributed by atoms with E-state index in [1.807, 2.05) is 30.3 Å². The number of para-hydroxylation sites is 1. The lowest BCUT2D eigenvalue weighted by molar-refractivity contribution is -0.115. The first kappa shape index (κ1) is 25.9. The van der Waals surface area contributed by atoms with Gasteiger partial charge in [-0.25, -0.2) is 4.68 Å². The Hall–Kier alpha value is -4.19. The van der Waals surface area contributed by atoms with Crippen LogP contribution < -0.4 is 25.1 Å². The Morgan fingerprint density at radius 2 is 1.70 bits per heavy atom. The van der Waals surface area contributed by atoms with Crippen LogP contribution in [-0.4, -0.2) is 52.0 Å². The van der Waals surface area contributed by atoms with Gasteiger partial charge in [0.15, 0.2) is 11.5 Å². The molecule has 0 aliphatic rings. The summed E-state index contributed by atoms with van der Waals surface area (Å²) in [5, 5.41) is 10.5. The summed E-state index contributed by atoms with van der Waals surface area (Å²) >= 11 is 1.08. The van der Waals surface area contributed by atoms with Gasteiger partial charge in [0, 0.05) is 12.6 Å². The second kappa shape index (κ2) is 10.8. The number of hydrogen-bond acceptors (Lipinski definition) is 9. The molecule has 1 amide bonds. The monoisotopic (exact) mass is 525 g/mol. The van der Waals surface area contributed by atoms with Crippen molar-refractivity contribution in [2.24, 2.45) is 7.05 Å². The number of ether oxygens (including phenoxy) is 3. The maximum atomic E-state index is 13.1. The zero-order valence-electron chi connectivity index (χ0n) is 21.3. The zero-order chi connectivity index (χ0) is 26.7. The first-order valence-corrected chi connectivity index (χ1v) is 12.1. The molecule has 4 rings (SSSR count). The van der Waals surface area contributed by atoms with Gasteiger partial charge in [-0.05, 0) is 38.1 Å². The van der Waals surface area contributed by atoms with Crippen LogP contribution in [0.2, 0.25) is 0 Å². The highest BCUT2D eigenvalue weighted by atomic mass is 32.2. The third kappa shape index (κ3) is 5.05. The summed E-state index contributed by atoms with van der Waals surface area (Å²) in [4.78, 5) is 26.1. The van der Waals surface area contributed by atoms with Crippen LogP contribution in [0.5, 0.6) is 17.2 Å². The smallest absolute Gasteiger partial charge is 0.295 e. The Labute approximate surface area is 217 Å². The topological polar surface area (TPSA) is 123 Å². The molecule has 37 heavy (non-hydrogen) atoms. The van der Waals surface area contributed by atoms with Crippen LogP contribution >= 0.6 is 11.8 Å². The first-order chi connectivity index (χ1) is 17.8. The Morgan fingerprint density at radius 1 is 1.05 bits per heavy atom. The molecule has 0 saturated carbocycles. The number of methoxy groups -OCH3 is 3. The largest absolute Gasteiger partial charge is 0.493 e. The number of amides is 1. The fourth-order valence-corrected chi connectivity index (χ4v) is 4.40. The SMILES string of the molecule is COc1cc(-c2nnc(S[C@H](C)C(=O)Nc3c(C)n(C)n(-c4ccccc4)c3=O)o2)cc(OC)c1OC. The fourth-order valence-electron chi connectivity index (χ4n) is 3.72. The van der Waals surface area contributed by atoms with Crippen LogP contribution in [0.1, 0.15) is 12.6 Å². The molecule has 194 valence electrons. The number of anilines is 1. The van der Waals surface area contributed by atoms with E-state index in [0.717, 1.165) is 11.8 Å². The molecular formula is C25H27N5O6S. The maximum Gasteiger partial charge on any atom is 0.295 e. The molecule has 1 N–H and O–H groups in total. The number of nitrogens with zero attached hydrogens (tertiary/aromatic N) is 4. The molecule has 0 unspecified atom stereocenters. The second-order valence-corrected chi connectivity index (χ2v) is 9.27. The van der Waals surface area contributed by atoms with Crippen LogP contribution in [0.3, 0.4) is 0 Å². The van der Waals surface area contributed by atoms with E-state index in [-0.39, 0.29) is 28.3 Å². The van der Waals surface area contributed by atoms with E-state index in [1.54, 1.807) is 37.7 Å². The number of carbonyl (C=O) groups excluding carboxylic acids is 1. The van der Waals surface area contributed by atoms with Gasteiger partial charge in [-0.2, -0.15) is 0 Å². The Morgan fingerprint density at radius 3 is 2.30 bits per heavy atom. The Balaban J connectivity index is 1.51. The van der Waals surface area contributed by atoms with Gasteiger partial charge >= 0.3 is 0 Å². The molecule has 1 atom stereocenters. The van der Waals surface area contributed by atoms with Crippen LogP contribution in [0, 0.1) is 6.92 Å². The highest BCUT2D eigenvalue weighted by Crippen LogP contribution is 2.41. The van der Waals surface area contributed by atoms with E-state index < -0.39 is 5.25 Å². The van der Waals surface area contributed by atoms with Crippen molar-refractivity contribution in [1.82, 2.24) is 19.6 Å². The molecule has 0 radical (unpaired) electrons. The Kier molecular flexibility index (Phi) is 7.58. The summed E-state index contributed by atoms with van der Waals surface area (Å²) in [7, 11) is 6.31. The van der Waals surface area contributed by atoms with E-state index in [0.29, 0.717) is 34.2 Å². The van der Waals surface area contributed by atoms with Crippen LogP contribution in [0.25, 0.3) is 17.1 Å². The van der Waals surface area contributed by atoms with Crippen molar-refractivity contribution in [3.63, 3.8) is 0 Å². The van der Waals surface area contributed by atoms with Crippen molar-refractivity contribution in [3.05, 3.63) is 58.5 Å². The minimum atomic E-state index is -0.627. The first-order valence-electron chi connectivity index (χ1n) is 11.2. The van der Waals surface area contributed by atoms with Crippen molar-refractivity contribution < 1.29 is 23.4 Å². The molecular weight excluding hydrogens is 498 g/mol. The number of carbonyl (C=O) groups is 1. The lowest BCUT2D eigenvalue weighted by Crippen LogP contribution is -2.27. The predicted octanol–water partition coefficient (Wildman–Crippen LogP) is 3.68. The molecule has 2 aromatic carbocycles. The number of thioether (sulfide) groups is 1. The second-order valence-electron chi connectivity index (χ2n) is 7.97. The van der Waals surface area contributed by atoms with E-state index >= 15 is 0 Å². The lowest BCUT2D eigenvalue weighted by Gasteiger charge is -2.12. The van der Waals surface area contributed by atoms with Crippen molar-refractivity contribution in [3.8, 4) is 34.4 Å². The molecule has 0 aliphatic carbocycles. The standard InChI is InChI=1S/C25H27N5O6S/c1-14-20(24(32)30(29(14)3)17-10-8-7-9-11-17)26-22(31)15(2)37-25-28-27-23(36-25)16-12-18(33-4)21(35-6)19(13-16)34-5/h7-13,15H,1-6H3,(H,26,31)/t15-/m1/s1. The molecule has 0 spiro atoms. The van der Waals surface area contributed by atoms with Gasteiger partial charge in [-0.15, -0.1) is 10.2 Å². The molecule has 11 nitrogen and oxygen atoms in total. The van der Waals surface area contributed by atoms with E-state index in [9.17, 15) is 9.59 Å². The van der Waals surface area contributed by atoms with Crippen molar-refractivity contribution in [2.45, 2.75) is 24.3 Å². The molecule has 0 saturated heterocycles. The number of rotatable bonds is 9. The molecule has 2 heterocycles. The third-order valence-electron chi connectivity index (χ3n) is 5.77. The molecule has 12 heteroatoms. The molecule has 2 aromatic heterocycles. The van der Waals surface area contributed by atoms with Crippen molar-refractivity contribution >= 4 is 23.4 Å². The predicted molar refractivity (Wildman–Crippen MR) is 139 cm³/mol. The van der Waals surface area contributed by atoms with Gasteiger partial charge in [-0.3, -0.25) is 14.3 Å². The van der Waals surface area contributed by atoms with Crippen LogP contribution in [0.4, 0.5) is 5.69 Å². The van der Waals surface area contributed by atoms with Gasteiger partial charge in [0.2, 0.25) is 17.5 Å². The average molecular weight is 526 g/mol. The summed E-state index contributed by atoms with van der Waals surface area (Å²) in [5.41, 5.74) is 1.78. The minimum absolute atomic E-state index is 0.192. The van der Waals surface area contributed by atoms with Crippen molar-refractivity contribution in [1.29, 1.82) is 0 Å². The average Bonchev–Trinajstić information content (AvgIpc) is 3.46. The van der Waals surface area contributed by atoms with Gasteiger partial charge in [0.1, 0.15) is 5.69 Å². The van der Waals surface area contributed by atoms with Crippen molar-refractivity contribution in [2.75, 3.05) is 26.6 Å². The van der Waals surface area contributed by atoms with Crippen LogP contribution in [0.15, 0.2) is 56.9 Å². The van der Waals surface area contributed by atoms with Gasteiger partial charge in [0.05, 0.1) is 38.0 Å². The number of benzene rings is 2. The molecule has 0 aliphatic heterocycles. The van der Waals surface area contributed by atoms with Gasteiger partial charge in [0.25, 0.3) is 10.8 Å². The minimum Gasteiger partial charge on any atom is -0.493 e. The summed E-state index contributed by atoms with van der Waals surface area (Å²) in [6, 6.07) is 12.6. The number of hydrogen-bond donors (Lipinski definition) is 1. The van der Waals surface area contributed by atoms with Gasteiger partial charge < -0.3 is 23.9 Å². The summed E-state index contributed by atoms with van der Waals surface area (Å²) in [6.45, 7) is 3.47. The molecule has 0 bridgehead atoms. The summed E-state index contributed by atoms with van der Waals surface area (Å²) < 4.78 is 25.1. The quantitative estimate of drug-likeness (QED) is 0.326. The van der Waals surface area contributed by atoms with E-state index in [4.69, 9.17) is 18.6 Å². The maximum absolute atomic E-state index is 13.1. The Bertz CT molecular complexity index is 1450. The third-order valence-corrected chi connectivity index (χ3v) is 6.70. The van der Waals surface area contributed by atoms with Gasteiger partial charge in [-0.1, -0.05) is 30.0 Å². The fraction of sp³-hybridized carbons (Fsp3) is 0.280. The summed E-state index contributed by atoms with van der Waals surface area (Å²) in [6.07, 6.45) is 0. The molecule has 0 fully saturated rings. The normalized spacial score (nSPS) is 11.7. The number of aromatic nitrogens is 4. The zero-order valence-corrected chi connectivity index (χ0v) is 22.1.